The van der Waals surface area contributed by atoms with Crippen LogP contribution in [0, 0.1) is 6.92 Å². The van der Waals surface area contributed by atoms with Crippen molar-refractivity contribution in [3.8, 4) is 0 Å². The Labute approximate surface area is 157 Å². The Morgan fingerprint density at radius 3 is 2.50 bits per heavy atom. The third-order valence-electron chi connectivity index (χ3n) is 3.73. The molecule has 2 atom stereocenters. The molecule has 2 aromatic carbocycles. The number of aldehydes is 1. The molecule has 0 radical (unpaired) electrons. The minimum atomic E-state index is -1.27. The van der Waals surface area contributed by atoms with Crippen molar-refractivity contribution in [1.82, 2.24) is 0 Å². The van der Waals surface area contributed by atoms with Crippen LogP contribution in [0.25, 0.3) is 0 Å². The Hall–Kier alpha value is -2.24. The van der Waals surface area contributed by atoms with Crippen LogP contribution in [-0.4, -0.2) is 23.2 Å². The van der Waals surface area contributed by atoms with E-state index in [0.717, 1.165) is 22.3 Å². The van der Waals surface area contributed by atoms with E-state index in [9.17, 15) is 9.00 Å². The van der Waals surface area contributed by atoms with Crippen LogP contribution in [-0.2, 0) is 31.7 Å². The Balaban J connectivity index is 1.82. The van der Waals surface area contributed by atoms with Gasteiger partial charge >= 0.3 is 0 Å². The van der Waals surface area contributed by atoms with E-state index >= 15 is 0 Å². The molecule has 0 aliphatic carbocycles. The van der Waals surface area contributed by atoms with Crippen molar-refractivity contribution in [2.45, 2.75) is 37.4 Å². The molecule has 0 amide bonds. The van der Waals surface area contributed by atoms with Crippen LogP contribution in [0.3, 0.4) is 0 Å². The molecular weight excluding hydrogens is 348 g/mol. The molecule has 138 valence electrons. The lowest BCUT2D eigenvalue weighted by Gasteiger charge is -2.16. The van der Waals surface area contributed by atoms with Gasteiger partial charge in [-0.15, -0.1) is 0 Å². The number of benzene rings is 2. The summed E-state index contributed by atoms with van der Waals surface area (Å²) < 4.78 is 23.5. The molecular formula is C21H24O4S. The van der Waals surface area contributed by atoms with Crippen LogP contribution < -0.4 is 0 Å². The normalized spacial score (nSPS) is 13.4. The molecule has 0 bridgehead atoms. The van der Waals surface area contributed by atoms with Gasteiger partial charge in [0.1, 0.15) is 12.4 Å². The summed E-state index contributed by atoms with van der Waals surface area (Å²) in [5.41, 5.74) is 2.20. The minimum absolute atomic E-state index is 0.254. The van der Waals surface area contributed by atoms with E-state index in [1.54, 1.807) is 0 Å². The van der Waals surface area contributed by atoms with Crippen LogP contribution in [0.5, 0.6) is 0 Å². The van der Waals surface area contributed by atoms with Crippen LogP contribution >= 0.6 is 0 Å². The van der Waals surface area contributed by atoms with E-state index in [1.807, 2.05) is 61.5 Å². The third kappa shape index (κ3) is 7.33. The molecule has 5 heteroatoms. The highest BCUT2D eigenvalue weighted by Gasteiger charge is 2.09. The Bertz CT molecular complexity index is 711. The van der Waals surface area contributed by atoms with Crippen molar-refractivity contribution in [1.29, 1.82) is 0 Å². The first-order valence-electron chi connectivity index (χ1n) is 8.53. The van der Waals surface area contributed by atoms with E-state index in [1.165, 1.54) is 11.7 Å². The molecule has 2 aromatic rings. The SMILES string of the molecule is Cc1ccc(S(=O)/C=C\O[C@@H](CCC=O)COCc2ccccc2)cc1. The number of hydrogen-bond acceptors (Lipinski definition) is 4. The zero-order valence-electron chi connectivity index (χ0n) is 14.9. The van der Waals surface area contributed by atoms with Gasteiger partial charge in [0.2, 0.25) is 0 Å². The second-order valence-electron chi connectivity index (χ2n) is 5.89. The molecule has 0 aliphatic rings. The maximum atomic E-state index is 12.2. The summed E-state index contributed by atoms with van der Waals surface area (Å²) in [6.07, 6.45) is 3.00. The molecule has 0 aromatic heterocycles. The van der Waals surface area contributed by atoms with Gasteiger partial charge in [-0.25, -0.2) is 4.21 Å². The smallest absolute Gasteiger partial charge is 0.121 e. The Kier molecular flexibility index (Phi) is 8.79. The van der Waals surface area contributed by atoms with Crippen molar-refractivity contribution >= 4 is 17.1 Å². The fourth-order valence-electron chi connectivity index (χ4n) is 2.27. The van der Waals surface area contributed by atoms with Crippen molar-refractivity contribution in [2.75, 3.05) is 6.61 Å². The number of carbonyl (C=O) groups is 1. The second kappa shape index (κ2) is 11.4. The van der Waals surface area contributed by atoms with Gasteiger partial charge in [-0.1, -0.05) is 48.0 Å². The lowest BCUT2D eigenvalue weighted by Crippen LogP contribution is -2.18. The first-order valence-corrected chi connectivity index (χ1v) is 9.75. The lowest BCUT2D eigenvalue weighted by molar-refractivity contribution is -0.108. The van der Waals surface area contributed by atoms with Crippen LogP contribution in [0.1, 0.15) is 24.0 Å². The number of rotatable bonds is 11. The van der Waals surface area contributed by atoms with Crippen LogP contribution in [0.15, 0.2) is 71.2 Å². The maximum Gasteiger partial charge on any atom is 0.121 e. The molecule has 0 saturated heterocycles. The summed E-state index contributed by atoms with van der Waals surface area (Å²) in [5.74, 6) is 0. The molecule has 0 aliphatic heterocycles. The van der Waals surface area contributed by atoms with Crippen molar-refractivity contribution < 1.29 is 18.5 Å². The molecule has 1 unspecified atom stereocenters. The van der Waals surface area contributed by atoms with E-state index in [4.69, 9.17) is 9.47 Å². The highest BCUT2D eigenvalue weighted by atomic mass is 32.2. The molecule has 0 fully saturated rings. The Morgan fingerprint density at radius 1 is 1.08 bits per heavy atom. The van der Waals surface area contributed by atoms with Gasteiger partial charge in [-0.05, 0) is 31.0 Å². The largest absolute Gasteiger partial charge is 0.495 e. The van der Waals surface area contributed by atoms with Gasteiger partial charge in [-0.2, -0.15) is 0 Å². The topological polar surface area (TPSA) is 52.6 Å². The zero-order valence-corrected chi connectivity index (χ0v) is 15.7. The summed E-state index contributed by atoms with van der Waals surface area (Å²) in [7, 11) is -1.27. The van der Waals surface area contributed by atoms with Crippen molar-refractivity contribution in [3.05, 3.63) is 77.4 Å². The standard InChI is InChI=1S/C21H24O4S/c1-18-9-11-21(12-10-18)26(23)15-14-25-20(8-5-13-22)17-24-16-19-6-3-2-4-7-19/h2-4,6-7,9-15,20H,5,8,16-17H2,1H3/b15-14-/t20-,26?/m0/s1. The summed E-state index contributed by atoms with van der Waals surface area (Å²) in [5, 5.41) is 1.51. The van der Waals surface area contributed by atoms with Crippen LogP contribution in [0.4, 0.5) is 0 Å². The van der Waals surface area contributed by atoms with Crippen molar-refractivity contribution in [3.63, 3.8) is 0 Å². The molecule has 0 saturated carbocycles. The minimum Gasteiger partial charge on any atom is -0.495 e. The summed E-state index contributed by atoms with van der Waals surface area (Å²) in [6.45, 7) is 2.84. The summed E-state index contributed by atoms with van der Waals surface area (Å²) in [4.78, 5) is 11.4. The van der Waals surface area contributed by atoms with Gasteiger partial charge in [0.15, 0.2) is 0 Å². The van der Waals surface area contributed by atoms with Crippen molar-refractivity contribution in [2.24, 2.45) is 0 Å². The molecule has 0 N–H and O–H groups in total. The summed E-state index contributed by atoms with van der Waals surface area (Å²) >= 11 is 0. The predicted octanol–water partition coefficient (Wildman–Crippen LogP) is 4.15. The van der Waals surface area contributed by atoms with Gasteiger partial charge in [0.05, 0.1) is 30.3 Å². The number of aryl methyl sites for hydroxylation is 1. The second-order valence-corrected chi connectivity index (χ2v) is 7.22. The molecule has 4 nitrogen and oxygen atoms in total. The van der Waals surface area contributed by atoms with Gasteiger partial charge in [0.25, 0.3) is 0 Å². The monoisotopic (exact) mass is 372 g/mol. The highest BCUT2D eigenvalue weighted by molar-refractivity contribution is 7.88. The van der Waals surface area contributed by atoms with Gasteiger partial charge < -0.3 is 14.3 Å². The number of carbonyl (C=O) groups excluding carboxylic acids is 1. The quantitative estimate of drug-likeness (QED) is 0.439. The zero-order chi connectivity index (χ0) is 18.6. The fourth-order valence-corrected chi connectivity index (χ4v) is 3.00. The van der Waals surface area contributed by atoms with Gasteiger partial charge in [-0.3, -0.25) is 0 Å². The summed E-state index contributed by atoms with van der Waals surface area (Å²) in [6, 6.07) is 17.4. The number of hydrogen-bond donors (Lipinski definition) is 0. The number of ether oxygens (including phenoxy) is 2. The van der Waals surface area contributed by atoms with E-state index in [-0.39, 0.29) is 6.10 Å². The average molecular weight is 372 g/mol. The van der Waals surface area contributed by atoms with E-state index in [2.05, 4.69) is 0 Å². The van der Waals surface area contributed by atoms with Crippen LogP contribution in [0.2, 0.25) is 0 Å². The highest BCUT2D eigenvalue weighted by Crippen LogP contribution is 2.11. The lowest BCUT2D eigenvalue weighted by atomic mass is 10.2. The van der Waals surface area contributed by atoms with E-state index < -0.39 is 10.8 Å². The van der Waals surface area contributed by atoms with Gasteiger partial charge in [0, 0.05) is 16.7 Å². The van der Waals surface area contributed by atoms with E-state index in [0.29, 0.717) is 26.1 Å². The average Bonchev–Trinajstić information content (AvgIpc) is 2.67. The Morgan fingerprint density at radius 2 is 1.81 bits per heavy atom. The first-order chi connectivity index (χ1) is 12.7. The molecule has 2 rings (SSSR count). The predicted molar refractivity (Wildman–Crippen MR) is 103 cm³/mol. The molecule has 0 spiro atoms. The third-order valence-corrected chi connectivity index (χ3v) is 4.82. The first kappa shape index (κ1) is 20.1. The fraction of sp³-hybridized carbons (Fsp3) is 0.286. The molecule has 0 heterocycles. The maximum absolute atomic E-state index is 12.2. The molecule has 26 heavy (non-hydrogen) atoms.